The maximum Gasteiger partial charge on any atom is 0.0717 e. The molecule has 1 unspecified atom stereocenters. The molecule has 0 aliphatic heterocycles. The van der Waals surface area contributed by atoms with E-state index in [1.165, 1.54) is 48.7 Å². The topological polar surface area (TPSA) is 32.6 Å². The van der Waals surface area contributed by atoms with Crippen LogP contribution in [-0.4, -0.2) is 23.3 Å². The first-order chi connectivity index (χ1) is 38.6. The zero-order valence-corrected chi connectivity index (χ0v) is 42.6. The van der Waals surface area contributed by atoms with Crippen LogP contribution < -0.4 is 0 Å². The zero-order valence-electron chi connectivity index (χ0n) is 42.6. The van der Waals surface area contributed by atoms with Gasteiger partial charge in [-0.15, -0.1) is 6.58 Å². The Balaban J connectivity index is 1.00. The largest absolute Gasteiger partial charge is 0.309 e. The summed E-state index contributed by atoms with van der Waals surface area (Å²) in [4.78, 5) is 5.88. The van der Waals surface area contributed by atoms with Crippen LogP contribution in [0.3, 0.4) is 0 Å². The summed E-state index contributed by atoms with van der Waals surface area (Å²) in [5.41, 5.74) is 19.5. The number of hydrogen-bond acceptors (Lipinski definition) is 1. The minimum absolute atomic E-state index is 0.280. The predicted octanol–water partition coefficient (Wildman–Crippen LogP) is 18.9. The molecule has 0 spiro atoms. The number of benzene rings is 10. The minimum atomic E-state index is 0.280. The molecule has 16 rings (SSSR count). The third-order valence-corrected chi connectivity index (χ3v) is 16.3. The van der Waals surface area contributed by atoms with E-state index in [-0.39, 0.29) is 5.92 Å². The third-order valence-electron chi connectivity index (χ3n) is 16.3. The highest BCUT2D eigenvalue weighted by molar-refractivity contribution is 6.13. The summed E-state index contributed by atoms with van der Waals surface area (Å²) in [6.07, 6.45) is 9.85. The van der Waals surface area contributed by atoms with Gasteiger partial charge in [-0.1, -0.05) is 170 Å². The van der Waals surface area contributed by atoms with Gasteiger partial charge in [0.05, 0.1) is 55.5 Å². The Kier molecular flexibility index (Phi) is 9.85. The van der Waals surface area contributed by atoms with E-state index in [0.29, 0.717) is 0 Å². The minimum Gasteiger partial charge on any atom is -0.309 e. The second kappa shape index (κ2) is 17.4. The van der Waals surface area contributed by atoms with Crippen molar-refractivity contribution < 1.29 is 0 Å². The van der Waals surface area contributed by atoms with E-state index in [1.807, 2.05) is 6.08 Å². The number of hydrogen-bond donors (Lipinski definition) is 0. The Bertz CT molecular complexity index is 4280. The number of pyridine rings is 1. The van der Waals surface area contributed by atoms with E-state index in [4.69, 9.17) is 4.98 Å². The van der Waals surface area contributed by atoms with E-state index in [0.717, 1.165) is 101 Å². The molecule has 5 nitrogen and oxygen atoms in total. The SMILES string of the molecule is C=CC1C=CC(c2cc(-c3cc(-n4c5ccccc5c5ccccc54)cc(-n4c5ccccc5c5ccccc54)c3)nc(-c3cc(-n4c5ccccc5c5ccccc54)cc(-n4c5ccccc5c5ccccc54)c3)c2)=CC1. The molecule has 5 heteroatoms. The van der Waals surface area contributed by atoms with Gasteiger partial charge in [-0.05, 0) is 121 Å². The van der Waals surface area contributed by atoms with E-state index < -0.39 is 0 Å². The maximum atomic E-state index is 5.88. The van der Waals surface area contributed by atoms with E-state index in [9.17, 15) is 0 Å². The van der Waals surface area contributed by atoms with Crippen molar-refractivity contribution in [3.05, 3.63) is 279 Å². The molecule has 0 amide bonds. The van der Waals surface area contributed by atoms with E-state index in [2.05, 4.69) is 286 Å². The Morgan fingerprint density at radius 1 is 0.333 bits per heavy atom. The van der Waals surface area contributed by atoms with Crippen molar-refractivity contribution in [2.75, 3.05) is 0 Å². The molecular formula is C73H49N5. The predicted molar refractivity (Wildman–Crippen MR) is 328 cm³/mol. The summed E-state index contributed by atoms with van der Waals surface area (Å²) in [5.74, 6) is 0.280. The van der Waals surface area contributed by atoms with Crippen LogP contribution in [0.5, 0.6) is 0 Å². The molecule has 1 aliphatic rings. The van der Waals surface area contributed by atoms with Crippen molar-refractivity contribution in [1.29, 1.82) is 0 Å². The van der Waals surface area contributed by atoms with E-state index in [1.54, 1.807) is 0 Å². The fourth-order valence-electron chi connectivity index (χ4n) is 12.8. The molecule has 5 aromatic heterocycles. The molecule has 0 fully saturated rings. The summed E-state index contributed by atoms with van der Waals surface area (Å²) in [6, 6.07) is 89.0. The van der Waals surface area contributed by atoms with Gasteiger partial charge < -0.3 is 18.3 Å². The van der Waals surface area contributed by atoms with Gasteiger partial charge in [-0.2, -0.15) is 0 Å². The summed E-state index contributed by atoms with van der Waals surface area (Å²) < 4.78 is 9.74. The van der Waals surface area contributed by atoms with Crippen LogP contribution in [0.1, 0.15) is 12.0 Å². The molecular weight excluding hydrogens is 947 g/mol. The lowest BCUT2D eigenvalue weighted by molar-refractivity contribution is 0.827. The summed E-state index contributed by atoms with van der Waals surface area (Å²) >= 11 is 0. The molecule has 78 heavy (non-hydrogen) atoms. The molecule has 15 aromatic rings. The monoisotopic (exact) mass is 995 g/mol. The second-order valence-corrected chi connectivity index (χ2v) is 20.7. The molecule has 0 saturated carbocycles. The normalized spacial score (nSPS) is 13.8. The van der Waals surface area contributed by atoms with Gasteiger partial charge in [-0.3, -0.25) is 0 Å². The molecule has 0 saturated heterocycles. The van der Waals surface area contributed by atoms with Gasteiger partial charge in [-0.25, -0.2) is 4.98 Å². The summed E-state index contributed by atoms with van der Waals surface area (Å²) in [6.45, 7) is 4.16. The molecule has 0 radical (unpaired) electrons. The molecule has 1 atom stereocenters. The molecule has 0 bridgehead atoms. The van der Waals surface area contributed by atoms with Crippen LogP contribution in [0.25, 0.3) is 138 Å². The first kappa shape index (κ1) is 44.1. The van der Waals surface area contributed by atoms with Crippen molar-refractivity contribution in [3.63, 3.8) is 0 Å². The summed E-state index contributed by atoms with van der Waals surface area (Å²) in [5, 5.41) is 9.74. The molecule has 0 N–H and O–H groups in total. The van der Waals surface area contributed by atoms with Crippen molar-refractivity contribution >= 4 is 92.8 Å². The number of rotatable bonds is 8. The Labute approximate surface area is 450 Å². The van der Waals surface area contributed by atoms with Gasteiger partial charge in [0.1, 0.15) is 0 Å². The lowest BCUT2D eigenvalue weighted by atomic mass is 9.92. The van der Waals surface area contributed by atoms with Crippen LogP contribution in [0, 0.1) is 5.92 Å². The van der Waals surface area contributed by atoms with Gasteiger partial charge in [0.15, 0.2) is 0 Å². The van der Waals surface area contributed by atoms with Crippen LogP contribution in [0.2, 0.25) is 0 Å². The van der Waals surface area contributed by atoms with Crippen molar-refractivity contribution in [2.45, 2.75) is 6.42 Å². The quantitative estimate of drug-likeness (QED) is 0.140. The fraction of sp³-hybridized carbons (Fsp3) is 0.0274. The smallest absolute Gasteiger partial charge is 0.0717 e. The fourth-order valence-corrected chi connectivity index (χ4v) is 12.8. The van der Waals surface area contributed by atoms with Gasteiger partial charge >= 0.3 is 0 Å². The molecule has 366 valence electrons. The van der Waals surface area contributed by atoms with Crippen molar-refractivity contribution in [2.24, 2.45) is 5.92 Å². The van der Waals surface area contributed by atoms with Crippen LogP contribution in [0.4, 0.5) is 0 Å². The number of allylic oxidation sites excluding steroid dienone is 5. The van der Waals surface area contributed by atoms with Crippen LogP contribution in [0.15, 0.2) is 274 Å². The Hall–Kier alpha value is -10.2. The Morgan fingerprint density at radius 2 is 0.603 bits per heavy atom. The van der Waals surface area contributed by atoms with Gasteiger partial charge in [0.25, 0.3) is 0 Å². The molecule has 5 heterocycles. The second-order valence-electron chi connectivity index (χ2n) is 20.7. The number of fused-ring (bicyclic) bond motifs is 12. The zero-order chi connectivity index (χ0) is 51.4. The average molecular weight is 996 g/mol. The lowest BCUT2D eigenvalue weighted by Crippen LogP contribution is -2.03. The first-order valence-corrected chi connectivity index (χ1v) is 26.9. The first-order valence-electron chi connectivity index (χ1n) is 26.9. The molecule has 1 aliphatic carbocycles. The number of para-hydroxylation sites is 8. The van der Waals surface area contributed by atoms with E-state index >= 15 is 0 Å². The van der Waals surface area contributed by atoms with Crippen LogP contribution in [-0.2, 0) is 0 Å². The van der Waals surface area contributed by atoms with Gasteiger partial charge in [0.2, 0.25) is 0 Å². The Morgan fingerprint density at radius 3 is 0.846 bits per heavy atom. The summed E-state index contributed by atoms with van der Waals surface area (Å²) in [7, 11) is 0. The van der Waals surface area contributed by atoms with Gasteiger partial charge in [0, 0.05) is 77.0 Å². The lowest BCUT2D eigenvalue weighted by Gasteiger charge is -2.19. The van der Waals surface area contributed by atoms with Crippen LogP contribution >= 0.6 is 0 Å². The third kappa shape index (κ3) is 6.78. The van der Waals surface area contributed by atoms with Crippen molar-refractivity contribution in [3.8, 4) is 45.3 Å². The van der Waals surface area contributed by atoms with Crippen molar-refractivity contribution in [1.82, 2.24) is 23.3 Å². The standard InChI is InChI=1S/C73H49N5/c1-2-47-35-37-48(38-36-47)49-43-64(50-39-52(75-66-27-11-3-19-56(66)57-20-4-12-28-67(57)75)45-53(40-50)76-68-29-13-5-21-58(68)59-22-6-14-30-69(59)76)74-65(44-49)51-41-54(77-70-31-15-7-23-60(70)61-24-8-16-32-71(61)77)46-55(42-51)78-72-33-17-9-25-62(72)63-26-10-18-34-73(63)78/h2-35,37-47H,1,36H2. The maximum absolute atomic E-state index is 5.88. The highest BCUT2D eigenvalue weighted by Gasteiger charge is 2.22. The number of nitrogens with zero attached hydrogens (tertiary/aromatic N) is 5. The molecule has 10 aromatic carbocycles. The number of aromatic nitrogens is 5. The highest BCUT2D eigenvalue weighted by Crippen LogP contribution is 2.42. The highest BCUT2D eigenvalue weighted by atomic mass is 15.0. The average Bonchev–Trinajstić information content (AvgIpc) is 4.28.